The summed E-state index contributed by atoms with van der Waals surface area (Å²) in [6, 6.07) is -1.03. The first kappa shape index (κ1) is 27.6. The van der Waals surface area contributed by atoms with E-state index in [2.05, 4.69) is 12.2 Å². The maximum atomic E-state index is 11.8. The van der Waals surface area contributed by atoms with E-state index in [-0.39, 0.29) is 49.7 Å². The Balaban J connectivity index is -0.00000288. The van der Waals surface area contributed by atoms with Gasteiger partial charge in [-0.1, -0.05) is 71.1 Å². The van der Waals surface area contributed by atoms with Gasteiger partial charge in [0.1, 0.15) is 6.04 Å². The van der Waals surface area contributed by atoms with Crippen LogP contribution in [-0.4, -0.2) is 28.9 Å². The van der Waals surface area contributed by atoms with Gasteiger partial charge in [-0.3, -0.25) is 9.59 Å². The SMILES string of the molecule is CCCCCCCCCCCCCC(=O)N[C@@H](CCC(N)=O)C(=O)O.[H-].[Na+]. The molecule has 0 fully saturated rings. The number of nitrogens with two attached hydrogens (primary N) is 1. The van der Waals surface area contributed by atoms with Crippen molar-refractivity contribution < 1.29 is 50.5 Å². The zero-order chi connectivity index (χ0) is 18.9. The molecule has 0 heterocycles. The van der Waals surface area contributed by atoms with E-state index in [1.54, 1.807) is 0 Å². The molecular weight excluding hydrogens is 343 g/mol. The minimum absolute atomic E-state index is 0. The van der Waals surface area contributed by atoms with Gasteiger partial charge < -0.3 is 17.6 Å². The molecule has 0 spiro atoms. The summed E-state index contributed by atoms with van der Waals surface area (Å²) in [6.45, 7) is 2.23. The van der Waals surface area contributed by atoms with E-state index >= 15 is 0 Å². The molecule has 0 unspecified atom stereocenters. The second kappa shape index (κ2) is 19.2. The summed E-state index contributed by atoms with van der Waals surface area (Å²) in [5, 5.41) is 11.5. The number of hydrogen-bond acceptors (Lipinski definition) is 3. The Morgan fingerprint density at radius 3 is 1.77 bits per heavy atom. The van der Waals surface area contributed by atoms with Crippen molar-refractivity contribution in [1.29, 1.82) is 0 Å². The van der Waals surface area contributed by atoms with E-state index < -0.39 is 17.9 Å². The molecule has 0 aromatic heterocycles. The number of primary amides is 1. The van der Waals surface area contributed by atoms with Crippen LogP contribution in [0, 0.1) is 0 Å². The van der Waals surface area contributed by atoms with Crippen LogP contribution in [0.5, 0.6) is 0 Å². The molecule has 0 saturated heterocycles. The summed E-state index contributed by atoms with van der Waals surface area (Å²) >= 11 is 0. The smallest absolute Gasteiger partial charge is 1.00 e. The number of carboxylic acid groups (broad SMARTS) is 1. The van der Waals surface area contributed by atoms with Crippen molar-refractivity contribution >= 4 is 17.8 Å². The Morgan fingerprint density at radius 1 is 0.885 bits per heavy atom. The van der Waals surface area contributed by atoms with Crippen LogP contribution in [0.2, 0.25) is 0 Å². The molecule has 0 aromatic rings. The van der Waals surface area contributed by atoms with E-state index in [0.717, 1.165) is 19.3 Å². The minimum atomic E-state index is -1.13. The number of hydrogen-bond donors (Lipinski definition) is 3. The topological polar surface area (TPSA) is 109 Å². The number of amides is 2. The van der Waals surface area contributed by atoms with E-state index in [0.29, 0.717) is 6.42 Å². The van der Waals surface area contributed by atoms with Crippen molar-refractivity contribution in [3.05, 3.63) is 0 Å². The van der Waals surface area contributed by atoms with Gasteiger partial charge in [0, 0.05) is 12.8 Å². The molecule has 0 aliphatic heterocycles. The van der Waals surface area contributed by atoms with Gasteiger partial charge in [-0.15, -0.1) is 0 Å². The zero-order valence-electron chi connectivity index (χ0n) is 17.7. The Hall–Kier alpha value is -0.590. The maximum absolute atomic E-state index is 11.8. The van der Waals surface area contributed by atoms with Crippen molar-refractivity contribution in [2.24, 2.45) is 5.73 Å². The normalized spacial score (nSPS) is 11.4. The molecule has 148 valence electrons. The fourth-order valence-electron chi connectivity index (χ4n) is 2.76. The van der Waals surface area contributed by atoms with Gasteiger partial charge in [-0.05, 0) is 12.8 Å². The predicted octanol–water partition coefficient (Wildman–Crippen LogP) is 0.639. The molecule has 4 N–H and O–H groups in total. The Morgan fingerprint density at radius 2 is 1.35 bits per heavy atom. The Labute approximate surface area is 181 Å². The fraction of sp³-hybridized carbons (Fsp3) is 0.842. The van der Waals surface area contributed by atoms with Crippen LogP contribution >= 0.6 is 0 Å². The number of carbonyl (C=O) groups is 3. The average molecular weight is 381 g/mol. The van der Waals surface area contributed by atoms with E-state index in [9.17, 15) is 14.4 Å². The van der Waals surface area contributed by atoms with Crippen molar-refractivity contribution in [2.75, 3.05) is 0 Å². The van der Waals surface area contributed by atoms with E-state index in [1.165, 1.54) is 51.4 Å². The van der Waals surface area contributed by atoms with E-state index in [4.69, 9.17) is 10.8 Å². The second-order valence-electron chi connectivity index (χ2n) is 6.75. The molecule has 7 heteroatoms. The van der Waals surface area contributed by atoms with Gasteiger partial charge in [-0.2, -0.15) is 0 Å². The molecule has 6 nitrogen and oxygen atoms in total. The Bertz CT molecular complexity index is 398. The first-order chi connectivity index (χ1) is 12.0. The third-order valence-electron chi connectivity index (χ3n) is 4.32. The van der Waals surface area contributed by atoms with Crippen LogP contribution in [0.25, 0.3) is 0 Å². The third kappa shape index (κ3) is 18.2. The molecule has 0 rings (SSSR count). The maximum Gasteiger partial charge on any atom is 1.00 e. The number of unbranched alkanes of at least 4 members (excludes halogenated alkanes) is 10. The second-order valence-corrected chi connectivity index (χ2v) is 6.75. The van der Waals surface area contributed by atoms with Crippen molar-refractivity contribution in [1.82, 2.24) is 5.32 Å². The van der Waals surface area contributed by atoms with Gasteiger partial charge in [-0.25, -0.2) is 4.79 Å². The number of rotatable bonds is 17. The summed E-state index contributed by atoms with van der Waals surface area (Å²) in [5.74, 6) is -1.97. The number of carbonyl (C=O) groups excluding carboxylic acids is 2. The summed E-state index contributed by atoms with van der Waals surface area (Å²) in [4.78, 5) is 33.5. The number of aliphatic carboxylic acids is 1. The molecule has 1 atom stereocenters. The molecule has 0 bridgehead atoms. The van der Waals surface area contributed by atoms with Gasteiger partial charge in [0.25, 0.3) is 0 Å². The van der Waals surface area contributed by atoms with E-state index in [1.807, 2.05) is 0 Å². The van der Waals surface area contributed by atoms with Crippen molar-refractivity contribution in [3.8, 4) is 0 Å². The molecule has 0 aliphatic carbocycles. The molecular formula is C19H37N2NaO4. The van der Waals surface area contributed by atoms with Crippen LogP contribution in [0.15, 0.2) is 0 Å². The summed E-state index contributed by atoms with van der Waals surface area (Å²) in [5.41, 5.74) is 5.01. The molecule has 26 heavy (non-hydrogen) atoms. The van der Waals surface area contributed by atoms with Gasteiger partial charge >= 0.3 is 35.5 Å². The standard InChI is InChI=1S/C19H36N2O4.Na.H/c1-2-3-4-5-6-7-8-9-10-11-12-13-18(23)21-16(19(24)25)14-15-17(20)22;;/h16H,2-15H2,1H3,(H2,20,22)(H,21,23)(H,24,25);;/q;+1;-1/t16-;;/m0../s1. The monoisotopic (exact) mass is 380 g/mol. The van der Waals surface area contributed by atoms with Crippen LogP contribution in [0.3, 0.4) is 0 Å². The van der Waals surface area contributed by atoms with Gasteiger partial charge in [0.15, 0.2) is 0 Å². The van der Waals surface area contributed by atoms with Gasteiger partial charge in [0.2, 0.25) is 11.8 Å². The molecule has 0 radical (unpaired) electrons. The zero-order valence-corrected chi connectivity index (χ0v) is 18.7. The first-order valence-corrected chi connectivity index (χ1v) is 9.77. The molecule has 0 saturated carbocycles. The molecule has 0 aliphatic rings. The number of nitrogens with one attached hydrogen (secondary N) is 1. The molecule has 2 amide bonds. The summed E-state index contributed by atoms with van der Waals surface area (Å²) < 4.78 is 0. The first-order valence-electron chi connectivity index (χ1n) is 9.77. The molecule has 0 aromatic carbocycles. The van der Waals surface area contributed by atoms with Crippen LogP contribution < -0.4 is 40.6 Å². The Kier molecular flexibility index (Phi) is 20.4. The largest absolute Gasteiger partial charge is 1.00 e. The fourth-order valence-corrected chi connectivity index (χ4v) is 2.76. The third-order valence-corrected chi connectivity index (χ3v) is 4.32. The van der Waals surface area contributed by atoms with Crippen molar-refractivity contribution in [2.45, 2.75) is 103 Å². The predicted molar refractivity (Wildman–Crippen MR) is 100 cm³/mol. The average Bonchev–Trinajstić information content (AvgIpc) is 2.56. The van der Waals surface area contributed by atoms with Gasteiger partial charge in [0.05, 0.1) is 0 Å². The number of carboxylic acids is 1. The minimum Gasteiger partial charge on any atom is -1.00 e. The van der Waals surface area contributed by atoms with Crippen molar-refractivity contribution in [3.63, 3.8) is 0 Å². The summed E-state index contributed by atoms with van der Waals surface area (Å²) in [7, 11) is 0. The van der Waals surface area contributed by atoms with Crippen LogP contribution in [0.1, 0.15) is 98.2 Å². The summed E-state index contributed by atoms with van der Waals surface area (Å²) in [6.07, 6.45) is 13.6. The quantitative estimate of drug-likeness (QED) is 0.254. The van der Waals surface area contributed by atoms with Crippen LogP contribution in [0.4, 0.5) is 0 Å². The van der Waals surface area contributed by atoms with Crippen LogP contribution in [-0.2, 0) is 14.4 Å².